The first-order chi connectivity index (χ1) is 12.6. The summed E-state index contributed by atoms with van der Waals surface area (Å²) in [6, 6.07) is 10.1. The fraction of sp³-hybridized carbons (Fsp3) is 0.619. The van der Waals surface area contributed by atoms with Gasteiger partial charge in [0.25, 0.3) is 0 Å². The Kier molecular flexibility index (Phi) is 5.97. The number of benzene rings is 1. The SMILES string of the molecule is CCN1CC2(CCN(C(=O)CCc3ccccc3)CC2)[C@H](COC)C1=O. The van der Waals surface area contributed by atoms with Crippen molar-refractivity contribution in [3.05, 3.63) is 35.9 Å². The van der Waals surface area contributed by atoms with Gasteiger partial charge in [-0.05, 0) is 31.7 Å². The fourth-order valence-corrected chi connectivity index (χ4v) is 4.49. The van der Waals surface area contributed by atoms with E-state index in [2.05, 4.69) is 12.1 Å². The Balaban J connectivity index is 1.57. The molecule has 0 radical (unpaired) electrons. The van der Waals surface area contributed by atoms with Gasteiger partial charge in [-0.25, -0.2) is 0 Å². The van der Waals surface area contributed by atoms with Crippen LogP contribution in [0.5, 0.6) is 0 Å². The van der Waals surface area contributed by atoms with E-state index < -0.39 is 0 Å². The molecule has 2 fully saturated rings. The molecule has 26 heavy (non-hydrogen) atoms. The van der Waals surface area contributed by atoms with Crippen LogP contribution in [0.2, 0.25) is 0 Å². The van der Waals surface area contributed by atoms with Gasteiger partial charge in [0, 0.05) is 45.1 Å². The highest BCUT2D eigenvalue weighted by atomic mass is 16.5. The molecule has 2 heterocycles. The number of nitrogens with zero attached hydrogens (tertiary/aromatic N) is 2. The molecule has 0 aliphatic carbocycles. The molecule has 3 rings (SSSR count). The van der Waals surface area contributed by atoms with Crippen LogP contribution < -0.4 is 0 Å². The number of methoxy groups -OCH3 is 1. The molecule has 1 aromatic rings. The summed E-state index contributed by atoms with van der Waals surface area (Å²) in [5, 5.41) is 0. The summed E-state index contributed by atoms with van der Waals surface area (Å²) < 4.78 is 5.35. The van der Waals surface area contributed by atoms with Crippen molar-refractivity contribution in [3.63, 3.8) is 0 Å². The molecule has 2 saturated heterocycles. The summed E-state index contributed by atoms with van der Waals surface area (Å²) in [7, 11) is 1.66. The Labute approximate surface area is 156 Å². The van der Waals surface area contributed by atoms with Crippen molar-refractivity contribution < 1.29 is 14.3 Å². The predicted octanol–water partition coefficient (Wildman–Crippen LogP) is 2.35. The zero-order valence-corrected chi connectivity index (χ0v) is 15.9. The third-order valence-electron chi connectivity index (χ3n) is 6.15. The standard InChI is InChI=1S/C21H30N2O3/c1-3-22-16-21(18(15-26-2)20(22)25)11-13-23(14-12-21)19(24)10-9-17-7-5-4-6-8-17/h4-8,18H,3,9-16H2,1-2H3/t18-/m1/s1. The number of aryl methyl sites for hydroxylation is 1. The van der Waals surface area contributed by atoms with Crippen molar-refractivity contribution in [1.29, 1.82) is 0 Å². The second-order valence-corrected chi connectivity index (χ2v) is 7.59. The summed E-state index contributed by atoms with van der Waals surface area (Å²) in [4.78, 5) is 29.2. The minimum Gasteiger partial charge on any atom is -0.384 e. The highest BCUT2D eigenvalue weighted by Crippen LogP contribution is 2.45. The minimum absolute atomic E-state index is 0.0285. The number of carbonyl (C=O) groups excluding carboxylic acids is 2. The maximum Gasteiger partial charge on any atom is 0.228 e. The molecule has 2 aliphatic heterocycles. The highest BCUT2D eigenvalue weighted by molar-refractivity contribution is 5.82. The Morgan fingerprint density at radius 2 is 1.92 bits per heavy atom. The first-order valence-electron chi connectivity index (χ1n) is 9.69. The van der Waals surface area contributed by atoms with Crippen LogP contribution >= 0.6 is 0 Å². The highest BCUT2D eigenvalue weighted by Gasteiger charge is 2.52. The minimum atomic E-state index is -0.0611. The summed E-state index contributed by atoms with van der Waals surface area (Å²) in [6.45, 7) is 5.57. The van der Waals surface area contributed by atoms with E-state index >= 15 is 0 Å². The lowest BCUT2D eigenvalue weighted by Crippen LogP contribution is -2.47. The largest absolute Gasteiger partial charge is 0.384 e. The fourth-order valence-electron chi connectivity index (χ4n) is 4.49. The van der Waals surface area contributed by atoms with Crippen LogP contribution in [0.4, 0.5) is 0 Å². The van der Waals surface area contributed by atoms with E-state index in [0.717, 1.165) is 45.4 Å². The molecule has 1 atom stereocenters. The molecule has 5 heteroatoms. The number of rotatable bonds is 6. The van der Waals surface area contributed by atoms with Gasteiger partial charge in [-0.1, -0.05) is 30.3 Å². The number of carbonyl (C=O) groups is 2. The molecular formula is C21H30N2O3. The van der Waals surface area contributed by atoms with Crippen molar-refractivity contribution in [1.82, 2.24) is 9.80 Å². The molecule has 2 amide bonds. The first-order valence-corrected chi connectivity index (χ1v) is 9.69. The van der Waals surface area contributed by atoms with Crippen LogP contribution in [0.1, 0.15) is 31.7 Å². The second-order valence-electron chi connectivity index (χ2n) is 7.59. The number of likely N-dealkylation sites (tertiary alicyclic amines) is 2. The monoisotopic (exact) mass is 358 g/mol. The maximum absolute atomic E-state index is 12.6. The Bertz CT molecular complexity index is 623. The quantitative estimate of drug-likeness (QED) is 0.784. The van der Waals surface area contributed by atoms with E-state index in [1.807, 2.05) is 34.9 Å². The molecule has 0 N–H and O–H groups in total. The van der Waals surface area contributed by atoms with Gasteiger partial charge >= 0.3 is 0 Å². The van der Waals surface area contributed by atoms with Gasteiger partial charge < -0.3 is 14.5 Å². The number of amides is 2. The lowest BCUT2D eigenvalue weighted by atomic mass is 9.71. The third kappa shape index (κ3) is 3.78. The summed E-state index contributed by atoms with van der Waals surface area (Å²) in [6.07, 6.45) is 3.12. The van der Waals surface area contributed by atoms with Crippen LogP contribution in [-0.2, 0) is 20.7 Å². The van der Waals surface area contributed by atoms with Gasteiger partial charge in [-0.3, -0.25) is 9.59 Å². The van der Waals surface area contributed by atoms with E-state index in [9.17, 15) is 9.59 Å². The number of ether oxygens (including phenoxy) is 1. The van der Waals surface area contributed by atoms with E-state index in [4.69, 9.17) is 4.74 Å². The van der Waals surface area contributed by atoms with Crippen LogP contribution in [0.25, 0.3) is 0 Å². The zero-order chi connectivity index (χ0) is 18.6. The van der Waals surface area contributed by atoms with Crippen molar-refractivity contribution in [2.45, 2.75) is 32.6 Å². The van der Waals surface area contributed by atoms with Gasteiger partial charge in [0.15, 0.2) is 0 Å². The molecule has 0 bridgehead atoms. The number of hydrogen-bond acceptors (Lipinski definition) is 3. The van der Waals surface area contributed by atoms with Gasteiger partial charge in [0.05, 0.1) is 12.5 Å². The molecule has 0 unspecified atom stereocenters. The molecule has 2 aliphatic rings. The van der Waals surface area contributed by atoms with Crippen LogP contribution in [0, 0.1) is 11.3 Å². The average Bonchev–Trinajstić information content (AvgIpc) is 2.93. The van der Waals surface area contributed by atoms with Gasteiger partial charge in [0.2, 0.25) is 11.8 Å². The van der Waals surface area contributed by atoms with Gasteiger partial charge in [0.1, 0.15) is 0 Å². The Hall–Kier alpha value is -1.88. The van der Waals surface area contributed by atoms with Crippen molar-refractivity contribution in [3.8, 4) is 0 Å². The van der Waals surface area contributed by atoms with Crippen molar-refractivity contribution >= 4 is 11.8 Å². The lowest BCUT2D eigenvalue weighted by molar-refractivity contribution is -0.135. The predicted molar refractivity (Wildman–Crippen MR) is 101 cm³/mol. The smallest absolute Gasteiger partial charge is 0.228 e. The van der Waals surface area contributed by atoms with Gasteiger partial charge in [-0.2, -0.15) is 0 Å². The molecule has 142 valence electrons. The first kappa shape index (κ1) is 18.9. The molecule has 1 spiro atoms. The normalized spacial score (nSPS) is 22.2. The van der Waals surface area contributed by atoms with Crippen LogP contribution in [-0.4, -0.2) is 61.5 Å². The lowest BCUT2D eigenvalue weighted by Gasteiger charge is -2.41. The Morgan fingerprint density at radius 3 is 2.54 bits per heavy atom. The van der Waals surface area contributed by atoms with E-state index in [1.165, 1.54) is 5.56 Å². The molecule has 1 aromatic carbocycles. The van der Waals surface area contributed by atoms with Gasteiger partial charge in [-0.15, -0.1) is 0 Å². The number of piperidine rings is 1. The van der Waals surface area contributed by atoms with Crippen LogP contribution in [0.15, 0.2) is 30.3 Å². The van der Waals surface area contributed by atoms with Crippen molar-refractivity contribution in [2.24, 2.45) is 11.3 Å². The molecule has 5 nitrogen and oxygen atoms in total. The zero-order valence-electron chi connectivity index (χ0n) is 15.9. The second kappa shape index (κ2) is 8.21. The topological polar surface area (TPSA) is 49.9 Å². The van der Waals surface area contributed by atoms with Crippen LogP contribution in [0.3, 0.4) is 0 Å². The molecule has 0 aromatic heterocycles. The molecular weight excluding hydrogens is 328 g/mol. The Morgan fingerprint density at radius 1 is 1.23 bits per heavy atom. The van der Waals surface area contributed by atoms with E-state index in [1.54, 1.807) is 7.11 Å². The van der Waals surface area contributed by atoms with E-state index in [0.29, 0.717) is 13.0 Å². The average molecular weight is 358 g/mol. The van der Waals surface area contributed by atoms with Crippen molar-refractivity contribution in [2.75, 3.05) is 39.9 Å². The summed E-state index contributed by atoms with van der Waals surface area (Å²) >= 11 is 0. The maximum atomic E-state index is 12.6. The van der Waals surface area contributed by atoms with E-state index in [-0.39, 0.29) is 23.1 Å². The third-order valence-corrected chi connectivity index (χ3v) is 6.15. The molecule has 0 saturated carbocycles. The summed E-state index contributed by atoms with van der Waals surface area (Å²) in [5.41, 5.74) is 1.17. The summed E-state index contributed by atoms with van der Waals surface area (Å²) in [5.74, 6) is 0.385. The number of hydrogen-bond donors (Lipinski definition) is 0.